The molecular weight excluding hydrogens is 180 g/mol. The Morgan fingerprint density at radius 3 is 2.64 bits per heavy atom. The Balaban J connectivity index is 2.02. The van der Waals surface area contributed by atoms with E-state index in [1.807, 2.05) is 0 Å². The molecule has 0 aromatic carbocycles. The molecule has 84 valence electrons. The third kappa shape index (κ3) is 3.23. The molecule has 3 unspecified atom stereocenters. The molecule has 0 saturated heterocycles. The Hall–Kier alpha value is -0.120. The molecule has 0 aromatic rings. The molecule has 0 aromatic heterocycles. The summed E-state index contributed by atoms with van der Waals surface area (Å²) in [5.41, 5.74) is 0. The van der Waals surface area contributed by atoms with Crippen LogP contribution in [0.5, 0.6) is 0 Å². The summed E-state index contributed by atoms with van der Waals surface area (Å²) in [4.78, 5) is 0. The van der Waals surface area contributed by atoms with E-state index in [1.165, 1.54) is 6.42 Å². The highest BCUT2D eigenvalue weighted by Crippen LogP contribution is 2.26. The van der Waals surface area contributed by atoms with Gasteiger partial charge >= 0.3 is 0 Å². The van der Waals surface area contributed by atoms with E-state index in [0.29, 0.717) is 0 Å². The average molecular weight is 202 g/mol. The summed E-state index contributed by atoms with van der Waals surface area (Å²) in [5.74, 6) is 0.740. The van der Waals surface area contributed by atoms with Crippen LogP contribution < -0.4 is 0 Å². The van der Waals surface area contributed by atoms with Gasteiger partial charge in [-0.2, -0.15) is 0 Å². The Bertz CT molecular complexity index is 159. The third-order valence-electron chi connectivity index (χ3n) is 2.75. The first kappa shape index (κ1) is 12.0. The maximum absolute atomic E-state index is 9.32. The van der Waals surface area contributed by atoms with Gasteiger partial charge in [0.2, 0.25) is 0 Å². The normalized spacial score (nSPS) is 31.9. The van der Waals surface area contributed by atoms with Crippen LogP contribution in [0.2, 0.25) is 0 Å². The second-order valence-corrected chi connectivity index (χ2v) is 4.45. The van der Waals surface area contributed by atoms with Crippen molar-refractivity contribution in [3.8, 4) is 0 Å². The zero-order chi connectivity index (χ0) is 10.6. The highest BCUT2D eigenvalue weighted by molar-refractivity contribution is 4.91. The average Bonchev–Trinajstić information content (AvgIpc) is 2.10. The van der Waals surface area contributed by atoms with E-state index in [4.69, 9.17) is 9.47 Å². The summed E-state index contributed by atoms with van der Waals surface area (Å²) in [6.45, 7) is 5.21. The first-order valence-electron chi connectivity index (χ1n) is 5.47. The van der Waals surface area contributed by atoms with Crippen molar-refractivity contribution < 1.29 is 14.6 Å². The summed E-state index contributed by atoms with van der Waals surface area (Å²) < 4.78 is 10.7. The lowest BCUT2D eigenvalue weighted by molar-refractivity contribution is -0.181. The fourth-order valence-corrected chi connectivity index (χ4v) is 1.76. The molecule has 1 saturated carbocycles. The van der Waals surface area contributed by atoms with E-state index in [9.17, 15) is 5.11 Å². The lowest BCUT2D eigenvalue weighted by atomic mass is 9.88. The Morgan fingerprint density at radius 2 is 2.14 bits per heavy atom. The standard InChI is InChI=1S/C11H22O3/c1-8(2)5-4-6-14-10-7-9(12)11(10)13-3/h8-12H,4-7H2,1-3H3. The number of hydrogen-bond acceptors (Lipinski definition) is 3. The van der Waals surface area contributed by atoms with Gasteiger partial charge < -0.3 is 14.6 Å². The highest BCUT2D eigenvalue weighted by Gasteiger charge is 2.40. The quantitative estimate of drug-likeness (QED) is 0.665. The summed E-state index contributed by atoms with van der Waals surface area (Å²) in [5, 5.41) is 9.32. The third-order valence-corrected chi connectivity index (χ3v) is 2.75. The molecule has 0 heterocycles. The number of rotatable bonds is 6. The van der Waals surface area contributed by atoms with Crippen LogP contribution in [0.1, 0.15) is 33.1 Å². The summed E-state index contributed by atoms with van der Waals surface area (Å²) in [7, 11) is 1.62. The molecule has 0 bridgehead atoms. The van der Waals surface area contributed by atoms with Gasteiger partial charge in [-0.05, 0) is 18.8 Å². The van der Waals surface area contributed by atoms with Crippen LogP contribution in [-0.2, 0) is 9.47 Å². The lowest BCUT2D eigenvalue weighted by Crippen LogP contribution is -2.53. The Labute approximate surface area is 86.4 Å². The van der Waals surface area contributed by atoms with Crippen molar-refractivity contribution in [3.05, 3.63) is 0 Å². The molecule has 1 N–H and O–H groups in total. The van der Waals surface area contributed by atoms with Crippen LogP contribution in [-0.4, -0.2) is 37.1 Å². The van der Waals surface area contributed by atoms with Crippen molar-refractivity contribution in [2.24, 2.45) is 5.92 Å². The van der Waals surface area contributed by atoms with Crippen LogP contribution in [0.3, 0.4) is 0 Å². The second-order valence-electron chi connectivity index (χ2n) is 4.45. The number of aliphatic hydroxyl groups is 1. The van der Waals surface area contributed by atoms with Gasteiger partial charge in [0, 0.05) is 20.1 Å². The number of hydrogen-bond donors (Lipinski definition) is 1. The van der Waals surface area contributed by atoms with Gasteiger partial charge in [0.1, 0.15) is 6.10 Å². The second kappa shape index (κ2) is 5.69. The Morgan fingerprint density at radius 1 is 1.43 bits per heavy atom. The first-order valence-corrected chi connectivity index (χ1v) is 5.47. The number of methoxy groups -OCH3 is 1. The number of ether oxygens (including phenoxy) is 2. The molecule has 0 spiro atoms. The van der Waals surface area contributed by atoms with Crippen molar-refractivity contribution in [2.75, 3.05) is 13.7 Å². The van der Waals surface area contributed by atoms with Crippen LogP contribution >= 0.6 is 0 Å². The minimum atomic E-state index is -0.324. The predicted octanol–water partition coefficient (Wildman–Crippen LogP) is 1.59. The largest absolute Gasteiger partial charge is 0.390 e. The minimum Gasteiger partial charge on any atom is -0.390 e. The van der Waals surface area contributed by atoms with Gasteiger partial charge in [-0.15, -0.1) is 0 Å². The lowest BCUT2D eigenvalue weighted by Gasteiger charge is -2.39. The molecule has 0 radical (unpaired) electrons. The van der Waals surface area contributed by atoms with Gasteiger partial charge in [-0.3, -0.25) is 0 Å². The van der Waals surface area contributed by atoms with Crippen molar-refractivity contribution >= 4 is 0 Å². The van der Waals surface area contributed by atoms with E-state index in [2.05, 4.69) is 13.8 Å². The maximum Gasteiger partial charge on any atom is 0.109 e. The fourth-order valence-electron chi connectivity index (χ4n) is 1.76. The number of aliphatic hydroxyl groups excluding tert-OH is 1. The summed E-state index contributed by atoms with van der Waals surface area (Å²) in [6, 6.07) is 0. The van der Waals surface area contributed by atoms with Gasteiger partial charge in [0.25, 0.3) is 0 Å². The smallest absolute Gasteiger partial charge is 0.109 e. The first-order chi connectivity index (χ1) is 6.65. The van der Waals surface area contributed by atoms with Crippen molar-refractivity contribution in [2.45, 2.75) is 51.4 Å². The molecular formula is C11H22O3. The maximum atomic E-state index is 9.32. The van der Waals surface area contributed by atoms with Gasteiger partial charge in [-0.25, -0.2) is 0 Å². The predicted molar refractivity (Wildman–Crippen MR) is 55.2 cm³/mol. The molecule has 0 aliphatic heterocycles. The molecule has 14 heavy (non-hydrogen) atoms. The summed E-state index contributed by atoms with van der Waals surface area (Å²) >= 11 is 0. The van der Waals surface area contributed by atoms with Gasteiger partial charge in [0.15, 0.2) is 0 Å². The van der Waals surface area contributed by atoms with E-state index >= 15 is 0 Å². The van der Waals surface area contributed by atoms with Gasteiger partial charge in [0.05, 0.1) is 12.2 Å². The topological polar surface area (TPSA) is 38.7 Å². The highest BCUT2D eigenvalue weighted by atomic mass is 16.5. The van der Waals surface area contributed by atoms with E-state index in [0.717, 1.165) is 25.4 Å². The summed E-state index contributed by atoms with van der Waals surface area (Å²) in [6.07, 6.45) is 2.71. The van der Waals surface area contributed by atoms with Crippen LogP contribution in [0.4, 0.5) is 0 Å². The molecule has 0 amide bonds. The van der Waals surface area contributed by atoms with Crippen LogP contribution in [0, 0.1) is 5.92 Å². The Kier molecular flexibility index (Phi) is 4.85. The van der Waals surface area contributed by atoms with E-state index < -0.39 is 0 Å². The van der Waals surface area contributed by atoms with Crippen LogP contribution in [0.15, 0.2) is 0 Å². The molecule has 1 fully saturated rings. The van der Waals surface area contributed by atoms with Crippen LogP contribution in [0.25, 0.3) is 0 Å². The van der Waals surface area contributed by atoms with E-state index in [-0.39, 0.29) is 18.3 Å². The zero-order valence-electron chi connectivity index (χ0n) is 9.40. The molecule has 1 aliphatic carbocycles. The fraction of sp³-hybridized carbons (Fsp3) is 1.00. The zero-order valence-corrected chi connectivity index (χ0v) is 9.40. The monoisotopic (exact) mass is 202 g/mol. The molecule has 1 aliphatic rings. The molecule has 3 nitrogen and oxygen atoms in total. The molecule has 3 heteroatoms. The van der Waals surface area contributed by atoms with Crippen molar-refractivity contribution in [1.29, 1.82) is 0 Å². The molecule has 1 rings (SSSR count). The van der Waals surface area contributed by atoms with Crippen molar-refractivity contribution in [1.82, 2.24) is 0 Å². The SMILES string of the molecule is COC1C(O)CC1OCCCC(C)C. The van der Waals surface area contributed by atoms with Crippen molar-refractivity contribution in [3.63, 3.8) is 0 Å². The van der Waals surface area contributed by atoms with Gasteiger partial charge in [-0.1, -0.05) is 13.8 Å². The minimum absolute atomic E-state index is 0.103. The molecule has 3 atom stereocenters. The van der Waals surface area contributed by atoms with E-state index in [1.54, 1.807) is 7.11 Å².